The molecule has 1 amide bonds. The maximum Gasteiger partial charge on any atom is 0.339 e. The van der Waals surface area contributed by atoms with Gasteiger partial charge in [-0.25, -0.2) is 9.78 Å². The van der Waals surface area contributed by atoms with Crippen molar-refractivity contribution in [2.24, 2.45) is 0 Å². The summed E-state index contributed by atoms with van der Waals surface area (Å²) in [5.41, 5.74) is 1.01. The number of fused-ring (bicyclic) bond motifs is 1. The van der Waals surface area contributed by atoms with E-state index in [1.54, 1.807) is 16.7 Å². The quantitative estimate of drug-likeness (QED) is 0.741. The Kier molecular flexibility index (Phi) is 3.68. The van der Waals surface area contributed by atoms with E-state index in [1.165, 1.54) is 18.5 Å². The van der Waals surface area contributed by atoms with E-state index in [9.17, 15) is 9.59 Å². The number of carboxylic acids is 1. The maximum atomic E-state index is 12.2. The fourth-order valence-electron chi connectivity index (χ4n) is 2.04. The van der Waals surface area contributed by atoms with Crippen LogP contribution in [0, 0.1) is 0 Å². The fraction of sp³-hybridized carbons (Fsp3) is 0.0714. The third-order valence-corrected chi connectivity index (χ3v) is 3.56. The van der Waals surface area contributed by atoms with Crippen molar-refractivity contribution in [3.05, 3.63) is 58.3 Å². The highest BCUT2D eigenvalue weighted by Gasteiger charge is 2.16. The number of hydrogen-bond acceptors (Lipinski definition) is 4. The van der Waals surface area contributed by atoms with Gasteiger partial charge in [-0.1, -0.05) is 0 Å². The van der Waals surface area contributed by atoms with Crippen molar-refractivity contribution < 1.29 is 19.1 Å². The standard InChI is InChI=1S/C14H10BrN3O4/c15-8-1-2-12-16-5-10(18(12)7-8)13(19)17-6-11-9(14(20)21)3-4-22-11/h1-5,7H,6H2,(H,17,19)(H,20,21). The lowest BCUT2D eigenvalue weighted by Crippen LogP contribution is -2.24. The predicted molar refractivity (Wildman–Crippen MR) is 79.7 cm³/mol. The first-order valence-electron chi connectivity index (χ1n) is 6.27. The summed E-state index contributed by atoms with van der Waals surface area (Å²) in [6.45, 7) is -0.0191. The highest BCUT2D eigenvalue weighted by Crippen LogP contribution is 2.14. The Morgan fingerprint density at radius 3 is 2.95 bits per heavy atom. The number of carbonyl (C=O) groups excluding carboxylic acids is 1. The van der Waals surface area contributed by atoms with Gasteiger partial charge in [0.15, 0.2) is 0 Å². The van der Waals surface area contributed by atoms with E-state index in [4.69, 9.17) is 9.52 Å². The molecule has 0 aromatic carbocycles. The summed E-state index contributed by atoms with van der Waals surface area (Å²) in [6.07, 6.45) is 4.46. The van der Waals surface area contributed by atoms with Crippen LogP contribution in [0.3, 0.4) is 0 Å². The minimum atomic E-state index is -1.10. The van der Waals surface area contributed by atoms with Crippen LogP contribution in [-0.4, -0.2) is 26.4 Å². The van der Waals surface area contributed by atoms with Crippen LogP contribution in [0.15, 0.2) is 45.7 Å². The molecular formula is C14H10BrN3O4. The first-order chi connectivity index (χ1) is 10.6. The molecule has 7 nitrogen and oxygen atoms in total. The SMILES string of the molecule is O=C(O)c1ccoc1CNC(=O)c1cnc2ccc(Br)cn12. The second kappa shape index (κ2) is 5.64. The van der Waals surface area contributed by atoms with E-state index in [0.29, 0.717) is 11.3 Å². The number of aromatic nitrogens is 2. The molecule has 3 heterocycles. The number of halogens is 1. The van der Waals surface area contributed by atoms with Crippen LogP contribution in [-0.2, 0) is 6.54 Å². The number of amides is 1. The Morgan fingerprint density at radius 2 is 2.18 bits per heavy atom. The maximum absolute atomic E-state index is 12.2. The minimum Gasteiger partial charge on any atom is -0.478 e. The van der Waals surface area contributed by atoms with Gasteiger partial charge >= 0.3 is 5.97 Å². The van der Waals surface area contributed by atoms with E-state index >= 15 is 0 Å². The molecule has 0 atom stereocenters. The number of aromatic carboxylic acids is 1. The molecule has 0 spiro atoms. The molecule has 0 unspecified atom stereocenters. The number of nitrogens with one attached hydrogen (secondary N) is 1. The first kappa shape index (κ1) is 14.3. The Bertz CT molecular complexity index is 868. The number of furan rings is 1. The van der Waals surface area contributed by atoms with Crippen molar-refractivity contribution in [1.82, 2.24) is 14.7 Å². The second-order valence-corrected chi connectivity index (χ2v) is 5.38. The molecule has 0 aliphatic heterocycles. The fourth-order valence-corrected chi connectivity index (χ4v) is 2.38. The van der Waals surface area contributed by atoms with Gasteiger partial charge in [0.25, 0.3) is 5.91 Å². The summed E-state index contributed by atoms with van der Waals surface area (Å²) in [5.74, 6) is -1.29. The number of rotatable bonds is 4. The third-order valence-electron chi connectivity index (χ3n) is 3.09. The van der Waals surface area contributed by atoms with Crippen LogP contribution in [0.5, 0.6) is 0 Å². The van der Waals surface area contributed by atoms with Crippen molar-refractivity contribution in [2.45, 2.75) is 6.54 Å². The van der Waals surface area contributed by atoms with Crippen LogP contribution in [0.1, 0.15) is 26.6 Å². The number of nitrogens with zero attached hydrogens (tertiary/aromatic N) is 2. The highest BCUT2D eigenvalue weighted by molar-refractivity contribution is 9.10. The van der Waals surface area contributed by atoms with Crippen LogP contribution in [0.25, 0.3) is 5.65 Å². The van der Waals surface area contributed by atoms with E-state index < -0.39 is 5.97 Å². The molecule has 0 aliphatic rings. The molecule has 3 aromatic rings. The molecule has 0 aliphatic carbocycles. The summed E-state index contributed by atoms with van der Waals surface area (Å²) < 4.78 is 7.52. The van der Waals surface area contributed by atoms with Gasteiger partial charge < -0.3 is 14.8 Å². The minimum absolute atomic E-state index is 0.0191. The lowest BCUT2D eigenvalue weighted by Gasteiger charge is -2.04. The lowest BCUT2D eigenvalue weighted by atomic mass is 10.2. The normalized spacial score (nSPS) is 10.8. The molecule has 0 saturated carbocycles. The lowest BCUT2D eigenvalue weighted by molar-refractivity contribution is 0.0692. The number of carboxylic acid groups (broad SMARTS) is 1. The number of carbonyl (C=O) groups is 2. The molecule has 0 bridgehead atoms. The molecule has 3 aromatic heterocycles. The smallest absolute Gasteiger partial charge is 0.339 e. The Balaban J connectivity index is 1.80. The van der Waals surface area contributed by atoms with Gasteiger partial charge in [0.2, 0.25) is 0 Å². The van der Waals surface area contributed by atoms with E-state index in [0.717, 1.165) is 4.47 Å². The average molecular weight is 364 g/mol. The molecule has 2 N–H and O–H groups in total. The zero-order valence-electron chi connectivity index (χ0n) is 11.1. The summed E-state index contributed by atoms with van der Waals surface area (Å²) in [4.78, 5) is 27.3. The zero-order valence-corrected chi connectivity index (χ0v) is 12.7. The van der Waals surface area contributed by atoms with Gasteiger partial charge in [0.1, 0.15) is 22.7 Å². The van der Waals surface area contributed by atoms with Crippen molar-refractivity contribution in [3.8, 4) is 0 Å². The molecular weight excluding hydrogens is 354 g/mol. The summed E-state index contributed by atoms with van der Waals surface area (Å²) in [5, 5.41) is 11.6. The van der Waals surface area contributed by atoms with Gasteiger partial charge in [-0.15, -0.1) is 0 Å². The molecule has 22 heavy (non-hydrogen) atoms. The Morgan fingerprint density at radius 1 is 1.36 bits per heavy atom. The number of hydrogen-bond donors (Lipinski definition) is 2. The summed E-state index contributed by atoms with van der Waals surface area (Å²) >= 11 is 3.34. The van der Waals surface area contributed by atoms with Crippen molar-refractivity contribution in [2.75, 3.05) is 0 Å². The van der Waals surface area contributed by atoms with Gasteiger partial charge in [0.05, 0.1) is 19.0 Å². The summed E-state index contributed by atoms with van der Waals surface area (Å²) in [7, 11) is 0. The second-order valence-electron chi connectivity index (χ2n) is 4.46. The largest absolute Gasteiger partial charge is 0.478 e. The van der Waals surface area contributed by atoms with Crippen LogP contribution >= 0.6 is 15.9 Å². The highest BCUT2D eigenvalue weighted by atomic mass is 79.9. The van der Waals surface area contributed by atoms with Gasteiger partial charge in [-0.3, -0.25) is 9.20 Å². The molecule has 3 rings (SSSR count). The zero-order chi connectivity index (χ0) is 15.7. The molecule has 8 heteroatoms. The average Bonchev–Trinajstić information content (AvgIpc) is 3.10. The van der Waals surface area contributed by atoms with Crippen LogP contribution < -0.4 is 5.32 Å². The molecule has 0 radical (unpaired) electrons. The summed E-state index contributed by atoms with van der Waals surface area (Å²) in [6, 6.07) is 4.94. The van der Waals surface area contributed by atoms with Crippen molar-refractivity contribution in [1.29, 1.82) is 0 Å². The van der Waals surface area contributed by atoms with Crippen LogP contribution in [0.4, 0.5) is 0 Å². The predicted octanol–water partition coefficient (Wildman–Crippen LogP) is 2.32. The third kappa shape index (κ3) is 2.60. The van der Waals surface area contributed by atoms with E-state index in [-0.39, 0.29) is 23.8 Å². The van der Waals surface area contributed by atoms with Crippen LogP contribution in [0.2, 0.25) is 0 Å². The van der Waals surface area contributed by atoms with Crippen molar-refractivity contribution >= 4 is 33.5 Å². The van der Waals surface area contributed by atoms with E-state index in [2.05, 4.69) is 26.2 Å². The molecule has 0 fully saturated rings. The first-order valence-corrected chi connectivity index (χ1v) is 7.06. The Labute approximate surface area is 132 Å². The van der Waals surface area contributed by atoms with Gasteiger partial charge in [-0.2, -0.15) is 0 Å². The monoisotopic (exact) mass is 363 g/mol. The van der Waals surface area contributed by atoms with E-state index in [1.807, 2.05) is 6.07 Å². The number of imidazole rings is 1. The topological polar surface area (TPSA) is 96.8 Å². The molecule has 0 saturated heterocycles. The van der Waals surface area contributed by atoms with Crippen molar-refractivity contribution in [3.63, 3.8) is 0 Å². The van der Waals surface area contributed by atoms with Gasteiger partial charge in [0, 0.05) is 10.7 Å². The molecule has 112 valence electrons. The van der Waals surface area contributed by atoms with Gasteiger partial charge in [-0.05, 0) is 34.1 Å². The number of pyridine rings is 1. The Hall–Kier alpha value is -2.61.